The highest BCUT2D eigenvalue weighted by Gasteiger charge is 2.31. The predicted octanol–water partition coefficient (Wildman–Crippen LogP) is 3.75. The summed E-state index contributed by atoms with van der Waals surface area (Å²) in [7, 11) is 0. The van der Waals surface area contributed by atoms with Crippen molar-refractivity contribution in [3.63, 3.8) is 0 Å². The number of likely N-dealkylation sites (tertiary alicyclic amines) is 1. The van der Waals surface area contributed by atoms with Gasteiger partial charge in [-0.05, 0) is 42.7 Å². The molecule has 0 radical (unpaired) electrons. The van der Waals surface area contributed by atoms with E-state index >= 15 is 0 Å². The molecule has 1 saturated heterocycles. The molecule has 0 saturated carbocycles. The van der Waals surface area contributed by atoms with Crippen molar-refractivity contribution in [3.8, 4) is 11.5 Å². The van der Waals surface area contributed by atoms with Crippen LogP contribution in [0.25, 0.3) is 0 Å². The summed E-state index contributed by atoms with van der Waals surface area (Å²) in [6, 6.07) is 7.13. The lowest BCUT2D eigenvalue weighted by Crippen LogP contribution is -2.37. The van der Waals surface area contributed by atoms with Crippen molar-refractivity contribution < 1.29 is 23.8 Å². The third-order valence-electron chi connectivity index (χ3n) is 5.28. The van der Waals surface area contributed by atoms with Gasteiger partial charge in [0, 0.05) is 25.4 Å². The molecule has 1 aromatic heterocycles. The molecule has 1 N–H and O–H groups in total. The number of aliphatic hydroxyl groups is 1. The van der Waals surface area contributed by atoms with Gasteiger partial charge in [-0.1, -0.05) is 11.6 Å². The molecule has 0 aliphatic carbocycles. The zero-order valence-corrected chi connectivity index (χ0v) is 16.4. The van der Waals surface area contributed by atoms with Crippen LogP contribution in [0.4, 0.5) is 0 Å². The molecule has 2 aromatic rings. The van der Waals surface area contributed by atoms with E-state index in [4.69, 9.17) is 25.5 Å². The Morgan fingerprint density at radius 2 is 2.14 bits per heavy atom. The van der Waals surface area contributed by atoms with Gasteiger partial charge in [0.15, 0.2) is 11.5 Å². The first-order valence-electron chi connectivity index (χ1n) is 9.71. The Kier molecular flexibility index (Phi) is 5.78. The second-order valence-electron chi connectivity index (χ2n) is 7.28. The van der Waals surface area contributed by atoms with E-state index in [1.165, 1.54) is 0 Å². The fourth-order valence-corrected chi connectivity index (χ4v) is 4.21. The summed E-state index contributed by atoms with van der Waals surface area (Å²) in [5.41, 5.74) is 0.802. The van der Waals surface area contributed by atoms with E-state index in [0.29, 0.717) is 48.5 Å². The standard InChI is InChI=1S/C21H24ClNO5/c22-16-10-14(11-19-21(16)28-9-3-8-27-19)12-20(25)23-6-1-4-15(23)13-17(24)18-5-2-7-26-18/h2,5,7,10-11,15,17,24H,1,3-4,6,8-9,12-13H2/t15-,17+/m0/s1. The molecule has 28 heavy (non-hydrogen) atoms. The molecular weight excluding hydrogens is 382 g/mol. The van der Waals surface area contributed by atoms with Crippen molar-refractivity contribution in [1.82, 2.24) is 4.90 Å². The number of fused-ring (bicyclic) bond motifs is 1. The zero-order valence-electron chi connectivity index (χ0n) is 15.6. The average Bonchev–Trinajstić information content (AvgIpc) is 3.30. The van der Waals surface area contributed by atoms with Crippen LogP contribution in [0.3, 0.4) is 0 Å². The molecule has 6 nitrogen and oxygen atoms in total. The molecule has 7 heteroatoms. The Bertz CT molecular complexity index is 822. The molecule has 1 amide bonds. The van der Waals surface area contributed by atoms with E-state index in [0.717, 1.165) is 24.8 Å². The number of hydrogen-bond acceptors (Lipinski definition) is 5. The SMILES string of the molecule is O=C(Cc1cc(Cl)c2c(c1)OCCCO2)N1CCC[C@H]1C[C@@H](O)c1ccco1. The summed E-state index contributed by atoms with van der Waals surface area (Å²) in [5, 5.41) is 10.8. The second-order valence-corrected chi connectivity index (χ2v) is 7.69. The number of amides is 1. The highest BCUT2D eigenvalue weighted by atomic mass is 35.5. The fourth-order valence-electron chi connectivity index (χ4n) is 3.93. The van der Waals surface area contributed by atoms with Crippen molar-refractivity contribution in [2.45, 2.75) is 44.2 Å². The topological polar surface area (TPSA) is 72.1 Å². The maximum absolute atomic E-state index is 12.9. The third-order valence-corrected chi connectivity index (χ3v) is 5.56. The Morgan fingerprint density at radius 1 is 1.29 bits per heavy atom. The van der Waals surface area contributed by atoms with Gasteiger partial charge in [0.05, 0.1) is 30.9 Å². The van der Waals surface area contributed by atoms with Crippen molar-refractivity contribution in [2.24, 2.45) is 0 Å². The van der Waals surface area contributed by atoms with Gasteiger partial charge in [-0.2, -0.15) is 0 Å². The van der Waals surface area contributed by atoms with E-state index in [-0.39, 0.29) is 18.4 Å². The smallest absolute Gasteiger partial charge is 0.227 e. The van der Waals surface area contributed by atoms with Crippen molar-refractivity contribution in [1.29, 1.82) is 0 Å². The molecule has 2 atom stereocenters. The Labute approximate surface area is 169 Å². The lowest BCUT2D eigenvalue weighted by Gasteiger charge is -2.26. The molecule has 0 unspecified atom stereocenters. The number of furan rings is 1. The van der Waals surface area contributed by atoms with E-state index in [1.807, 2.05) is 11.0 Å². The van der Waals surface area contributed by atoms with Gasteiger partial charge >= 0.3 is 0 Å². The highest BCUT2D eigenvalue weighted by Crippen LogP contribution is 2.38. The second kappa shape index (κ2) is 8.45. The number of nitrogens with zero attached hydrogens (tertiary/aromatic N) is 1. The van der Waals surface area contributed by atoms with Crippen LogP contribution in [0.15, 0.2) is 34.9 Å². The lowest BCUT2D eigenvalue weighted by atomic mass is 10.0. The number of hydrogen-bond donors (Lipinski definition) is 1. The molecule has 0 bridgehead atoms. The third kappa shape index (κ3) is 4.13. The summed E-state index contributed by atoms with van der Waals surface area (Å²) in [4.78, 5) is 14.8. The molecule has 3 heterocycles. The average molecular weight is 406 g/mol. The summed E-state index contributed by atoms with van der Waals surface area (Å²) in [6.07, 6.45) is 4.16. The minimum absolute atomic E-state index is 0.00322. The molecule has 2 aliphatic rings. The number of benzene rings is 1. The summed E-state index contributed by atoms with van der Waals surface area (Å²) < 4.78 is 16.6. The first-order chi connectivity index (χ1) is 13.6. The quantitative estimate of drug-likeness (QED) is 0.820. The first kappa shape index (κ1) is 19.2. The molecule has 2 aliphatic heterocycles. The Balaban J connectivity index is 1.44. The van der Waals surface area contributed by atoms with Gasteiger partial charge in [-0.3, -0.25) is 4.79 Å². The molecule has 150 valence electrons. The summed E-state index contributed by atoms with van der Waals surface area (Å²) >= 11 is 6.34. The minimum atomic E-state index is -0.708. The summed E-state index contributed by atoms with van der Waals surface area (Å²) in [6.45, 7) is 1.84. The van der Waals surface area contributed by atoms with Crippen molar-refractivity contribution >= 4 is 17.5 Å². The Morgan fingerprint density at radius 3 is 2.96 bits per heavy atom. The molecule has 4 rings (SSSR count). The van der Waals surface area contributed by atoms with Crippen LogP contribution < -0.4 is 9.47 Å². The van der Waals surface area contributed by atoms with E-state index in [9.17, 15) is 9.90 Å². The number of aliphatic hydroxyl groups excluding tert-OH is 1. The zero-order chi connectivity index (χ0) is 19.5. The molecule has 0 spiro atoms. The van der Waals surface area contributed by atoms with Gasteiger partial charge < -0.3 is 23.9 Å². The van der Waals surface area contributed by atoms with Crippen LogP contribution in [0.2, 0.25) is 5.02 Å². The van der Waals surface area contributed by atoms with E-state index in [2.05, 4.69) is 0 Å². The van der Waals surface area contributed by atoms with E-state index in [1.54, 1.807) is 24.5 Å². The highest BCUT2D eigenvalue weighted by molar-refractivity contribution is 6.32. The maximum Gasteiger partial charge on any atom is 0.227 e. The van der Waals surface area contributed by atoms with Crippen LogP contribution in [0.1, 0.15) is 43.1 Å². The van der Waals surface area contributed by atoms with Crippen LogP contribution in [-0.2, 0) is 11.2 Å². The molecular formula is C21H24ClNO5. The Hall–Kier alpha value is -2.18. The molecule has 1 fully saturated rings. The van der Waals surface area contributed by atoms with Crippen LogP contribution in [0.5, 0.6) is 11.5 Å². The number of carbonyl (C=O) groups excluding carboxylic acids is 1. The normalized spacial score (nSPS) is 20.1. The number of halogens is 1. The first-order valence-corrected chi connectivity index (χ1v) is 10.1. The van der Waals surface area contributed by atoms with Gasteiger partial charge in [0.25, 0.3) is 0 Å². The predicted molar refractivity (Wildman–Crippen MR) is 104 cm³/mol. The van der Waals surface area contributed by atoms with Gasteiger partial charge in [-0.15, -0.1) is 0 Å². The molecule has 1 aromatic carbocycles. The lowest BCUT2D eigenvalue weighted by molar-refractivity contribution is -0.131. The van der Waals surface area contributed by atoms with Crippen molar-refractivity contribution in [2.75, 3.05) is 19.8 Å². The van der Waals surface area contributed by atoms with Gasteiger partial charge in [0.1, 0.15) is 11.9 Å². The van der Waals surface area contributed by atoms with Crippen molar-refractivity contribution in [3.05, 3.63) is 46.9 Å². The van der Waals surface area contributed by atoms with E-state index < -0.39 is 6.10 Å². The number of carbonyl (C=O) groups is 1. The maximum atomic E-state index is 12.9. The van der Waals surface area contributed by atoms with Crippen LogP contribution >= 0.6 is 11.6 Å². The monoisotopic (exact) mass is 405 g/mol. The largest absolute Gasteiger partial charge is 0.489 e. The number of rotatable bonds is 5. The van der Waals surface area contributed by atoms with Gasteiger partial charge in [-0.25, -0.2) is 0 Å². The minimum Gasteiger partial charge on any atom is -0.489 e. The fraction of sp³-hybridized carbons (Fsp3) is 0.476. The van der Waals surface area contributed by atoms with Gasteiger partial charge in [0.2, 0.25) is 5.91 Å². The summed E-state index contributed by atoms with van der Waals surface area (Å²) in [5.74, 6) is 1.71. The number of ether oxygens (including phenoxy) is 2. The van der Waals surface area contributed by atoms with Crippen LogP contribution in [0, 0.1) is 0 Å². The van der Waals surface area contributed by atoms with Crippen LogP contribution in [-0.4, -0.2) is 41.7 Å².